The summed E-state index contributed by atoms with van der Waals surface area (Å²) in [5, 5.41) is 0. The van der Waals surface area contributed by atoms with Crippen LogP contribution in [-0.2, 0) is 12.8 Å². The fourth-order valence-corrected chi connectivity index (χ4v) is 2.94. The Morgan fingerprint density at radius 1 is 1.05 bits per heavy atom. The minimum absolute atomic E-state index is 0.170. The van der Waals surface area contributed by atoms with Gasteiger partial charge in [0.1, 0.15) is 5.82 Å². The molecule has 3 N–H and O–H groups in total. The van der Waals surface area contributed by atoms with Crippen molar-refractivity contribution in [2.45, 2.75) is 32.2 Å². The third kappa shape index (κ3) is 2.35. The summed E-state index contributed by atoms with van der Waals surface area (Å²) in [5.41, 5.74) is 8.23. The maximum atomic E-state index is 13.7. The van der Waals surface area contributed by atoms with Crippen molar-refractivity contribution >= 4 is 0 Å². The molecular weight excluding hydrogens is 251 g/mol. The Morgan fingerprint density at radius 3 is 2.50 bits per heavy atom. The summed E-state index contributed by atoms with van der Waals surface area (Å²) >= 11 is 0. The topological polar surface area (TPSA) is 38.0 Å². The molecule has 104 valence electrons. The Labute approximate surface area is 118 Å². The molecule has 0 fully saturated rings. The van der Waals surface area contributed by atoms with Gasteiger partial charge in [0.15, 0.2) is 0 Å². The molecule has 0 amide bonds. The Hall–Kier alpha value is -1.71. The third-order valence-electron chi connectivity index (χ3n) is 4.15. The molecule has 0 spiro atoms. The first kappa shape index (κ1) is 13.3. The lowest BCUT2D eigenvalue weighted by Crippen LogP contribution is -2.29. The molecule has 0 bridgehead atoms. The second kappa shape index (κ2) is 5.35. The predicted molar refractivity (Wildman–Crippen MR) is 78.8 cm³/mol. The van der Waals surface area contributed by atoms with Crippen molar-refractivity contribution in [3.8, 4) is 0 Å². The number of hydrogen-bond acceptors (Lipinski definition) is 2. The average molecular weight is 270 g/mol. The van der Waals surface area contributed by atoms with Gasteiger partial charge in [0, 0.05) is 0 Å². The minimum atomic E-state index is -0.191. The Bertz CT molecular complexity index is 637. The SMILES string of the molecule is Cc1ccc(C(NN)c2ccc3c(c2)CCC3)cc1F. The fraction of sp³-hybridized carbons (Fsp3) is 0.294. The van der Waals surface area contributed by atoms with E-state index in [0.29, 0.717) is 5.56 Å². The highest BCUT2D eigenvalue weighted by atomic mass is 19.1. The molecule has 3 rings (SSSR count). The number of benzene rings is 2. The van der Waals surface area contributed by atoms with Gasteiger partial charge in [0.2, 0.25) is 0 Å². The van der Waals surface area contributed by atoms with Crippen LogP contribution in [0.5, 0.6) is 0 Å². The highest BCUT2D eigenvalue weighted by Crippen LogP contribution is 2.28. The summed E-state index contributed by atoms with van der Waals surface area (Å²) < 4.78 is 13.7. The Kier molecular flexibility index (Phi) is 3.55. The molecule has 1 atom stereocenters. The molecule has 20 heavy (non-hydrogen) atoms. The molecule has 0 aromatic heterocycles. The van der Waals surface area contributed by atoms with E-state index >= 15 is 0 Å². The van der Waals surface area contributed by atoms with Crippen molar-refractivity contribution < 1.29 is 4.39 Å². The second-order valence-corrected chi connectivity index (χ2v) is 5.49. The lowest BCUT2D eigenvalue weighted by atomic mass is 9.95. The highest BCUT2D eigenvalue weighted by Gasteiger charge is 2.17. The molecule has 0 saturated heterocycles. The van der Waals surface area contributed by atoms with E-state index in [4.69, 9.17) is 5.84 Å². The molecule has 0 heterocycles. The van der Waals surface area contributed by atoms with E-state index in [0.717, 1.165) is 24.0 Å². The van der Waals surface area contributed by atoms with Gasteiger partial charge in [0.05, 0.1) is 6.04 Å². The Morgan fingerprint density at radius 2 is 1.75 bits per heavy atom. The van der Waals surface area contributed by atoms with Gasteiger partial charge in [-0.1, -0.05) is 30.3 Å². The van der Waals surface area contributed by atoms with E-state index < -0.39 is 0 Å². The van der Waals surface area contributed by atoms with E-state index in [-0.39, 0.29) is 11.9 Å². The van der Waals surface area contributed by atoms with Gasteiger partial charge < -0.3 is 0 Å². The zero-order chi connectivity index (χ0) is 14.1. The van der Waals surface area contributed by atoms with Crippen LogP contribution in [0.3, 0.4) is 0 Å². The van der Waals surface area contributed by atoms with E-state index in [2.05, 4.69) is 23.6 Å². The van der Waals surface area contributed by atoms with Gasteiger partial charge in [-0.3, -0.25) is 5.84 Å². The van der Waals surface area contributed by atoms with Crippen molar-refractivity contribution in [3.63, 3.8) is 0 Å². The smallest absolute Gasteiger partial charge is 0.126 e. The number of nitrogens with one attached hydrogen (secondary N) is 1. The lowest BCUT2D eigenvalue weighted by Gasteiger charge is -2.18. The van der Waals surface area contributed by atoms with Gasteiger partial charge in [-0.2, -0.15) is 0 Å². The Balaban J connectivity index is 1.98. The van der Waals surface area contributed by atoms with Crippen LogP contribution in [0.4, 0.5) is 4.39 Å². The van der Waals surface area contributed by atoms with Crippen LogP contribution in [-0.4, -0.2) is 0 Å². The number of fused-ring (bicyclic) bond motifs is 1. The number of halogens is 1. The predicted octanol–water partition coefficient (Wildman–Crippen LogP) is 3.18. The van der Waals surface area contributed by atoms with Gasteiger partial charge in [-0.15, -0.1) is 0 Å². The zero-order valence-corrected chi connectivity index (χ0v) is 11.6. The van der Waals surface area contributed by atoms with E-state index in [9.17, 15) is 4.39 Å². The van der Waals surface area contributed by atoms with Crippen molar-refractivity contribution in [1.82, 2.24) is 5.43 Å². The molecule has 2 nitrogen and oxygen atoms in total. The van der Waals surface area contributed by atoms with Crippen molar-refractivity contribution in [2.75, 3.05) is 0 Å². The largest absolute Gasteiger partial charge is 0.271 e. The van der Waals surface area contributed by atoms with E-state index in [1.807, 2.05) is 6.07 Å². The summed E-state index contributed by atoms with van der Waals surface area (Å²) in [4.78, 5) is 0. The first-order chi connectivity index (χ1) is 9.69. The van der Waals surface area contributed by atoms with Gasteiger partial charge in [-0.05, 0) is 60.1 Å². The summed E-state index contributed by atoms with van der Waals surface area (Å²) in [5.74, 6) is 5.51. The standard InChI is InChI=1S/C17H19FN2/c1-11-5-6-15(10-16(11)18)17(20-19)14-8-7-12-3-2-4-13(12)9-14/h5-10,17,20H,2-4,19H2,1H3. The fourth-order valence-electron chi connectivity index (χ4n) is 2.94. The van der Waals surface area contributed by atoms with Crippen molar-refractivity contribution in [2.24, 2.45) is 5.84 Å². The maximum Gasteiger partial charge on any atom is 0.126 e. The number of nitrogens with two attached hydrogens (primary N) is 1. The first-order valence-electron chi connectivity index (χ1n) is 7.03. The molecule has 1 aliphatic carbocycles. The molecule has 2 aromatic rings. The van der Waals surface area contributed by atoms with E-state index in [1.54, 1.807) is 19.1 Å². The molecule has 0 saturated carbocycles. The maximum absolute atomic E-state index is 13.7. The number of hydrazine groups is 1. The average Bonchev–Trinajstić information content (AvgIpc) is 2.91. The zero-order valence-electron chi connectivity index (χ0n) is 11.6. The quantitative estimate of drug-likeness (QED) is 0.664. The lowest BCUT2D eigenvalue weighted by molar-refractivity contribution is 0.599. The summed E-state index contributed by atoms with van der Waals surface area (Å²) in [6, 6.07) is 11.6. The van der Waals surface area contributed by atoms with Gasteiger partial charge in [-0.25, -0.2) is 9.82 Å². The van der Waals surface area contributed by atoms with Crippen LogP contribution in [0.15, 0.2) is 36.4 Å². The van der Waals surface area contributed by atoms with E-state index in [1.165, 1.54) is 17.5 Å². The molecular formula is C17H19FN2. The number of hydrogen-bond donors (Lipinski definition) is 2. The molecule has 0 aliphatic heterocycles. The van der Waals surface area contributed by atoms with Gasteiger partial charge >= 0.3 is 0 Å². The van der Waals surface area contributed by atoms with Crippen LogP contribution in [0, 0.1) is 12.7 Å². The third-order valence-corrected chi connectivity index (χ3v) is 4.15. The van der Waals surface area contributed by atoms with Crippen LogP contribution >= 0.6 is 0 Å². The van der Waals surface area contributed by atoms with Crippen molar-refractivity contribution in [3.05, 3.63) is 70.0 Å². The molecule has 1 aliphatic rings. The normalized spacial score (nSPS) is 15.2. The molecule has 2 aromatic carbocycles. The first-order valence-corrected chi connectivity index (χ1v) is 7.03. The van der Waals surface area contributed by atoms with Crippen molar-refractivity contribution in [1.29, 1.82) is 0 Å². The summed E-state index contributed by atoms with van der Waals surface area (Å²) in [7, 11) is 0. The minimum Gasteiger partial charge on any atom is -0.271 e. The molecule has 0 radical (unpaired) electrons. The molecule has 3 heteroatoms. The van der Waals surface area contributed by atoms with Crippen LogP contribution < -0.4 is 11.3 Å². The van der Waals surface area contributed by atoms with Crippen LogP contribution in [0.25, 0.3) is 0 Å². The summed E-state index contributed by atoms with van der Waals surface area (Å²) in [6.45, 7) is 1.76. The van der Waals surface area contributed by atoms with Crippen LogP contribution in [0.2, 0.25) is 0 Å². The summed E-state index contributed by atoms with van der Waals surface area (Å²) in [6.07, 6.45) is 3.51. The molecule has 1 unspecified atom stereocenters. The number of aryl methyl sites for hydroxylation is 3. The highest BCUT2D eigenvalue weighted by molar-refractivity contribution is 5.40. The van der Waals surface area contributed by atoms with Crippen LogP contribution in [0.1, 0.15) is 40.3 Å². The monoisotopic (exact) mass is 270 g/mol. The second-order valence-electron chi connectivity index (χ2n) is 5.49. The number of rotatable bonds is 3. The van der Waals surface area contributed by atoms with Gasteiger partial charge in [0.25, 0.3) is 0 Å².